The predicted octanol–water partition coefficient (Wildman–Crippen LogP) is 4.53. The van der Waals surface area contributed by atoms with Gasteiger partial charge in [0.05, 0.1) is 0 Å². The van der Waals surface area contributed by atoms with Crippen LogP contribution in [0.2, 0.25) is 10.0 Å². The third-order valence-corrected chi connectivity index (χ3v) is 4.23. The van der Waals surface area contributed by atoms with Crippen LogP contribution in [0.1, 0.15) is 13.8 Å². The van der Waals surface area contributed by atoms with Crippen molar-refractivity contribution in [3.8, 4) is 0 Å². The van der Waals surface area contributed by atoms with Gasteiger partial charge in [-0.25, -0.2) is 0 Å². The van der Waals surface area contributed by atoms with E-state index in [1.165, 1.54) is 0 Å². The van der Waals surface area contributed by atoms with E-state index in [0.717, 1.165) is 23.2 Å². The summed E-state index contributed by atoms with van der Waals surface area (Å²) in [6, 6.07) is 5.40. The van der Waals surface area contributed by atoms with Gasteiger partial charge in [0.25, 0.3) is 0 Å². The topological polar surface area (TPSA) is 24.4 Å². The van der Waals surface area contributed by atoms with Gasteiger partial charge in [0.1, 0.15) is 0 Å². The van der Waals surface area contributed by atoms with Gasteiger partial charge < -0.3 is 5.32 Å². The van der Waals surface area contributed by atoms with E-state index in [-0.39, 0.29) is 5.41 Å². The lowest BCUT2D eigenvalue weighted by atomic mass is 9.97. The van der Waals surface area contributed by atoms with Crippen molar-refractivity contribution in [3.63, 3.8) is 0 Å². The third-order valence-electron chi connectivity index (χ3n) is 2.36. The summed E-state index contributed by atoms with van der Waals surface area (Å²) in [7, 11) is 0. The van der Waals surface area contributed by atoms with Crippen LogP contribution in [0.15, 0.2) is 23.2 Å². The predicted molar refractivity (Wildman–Crippen MR) is 78.6 cm³/mol. The minimum atomic E-state index is 0.280. The second-order valence-corrected chi connectivity index (χ2v) is 6.69. The summed E-state index contributed by atoms with van der Waals surface area (Å²) in [6.45, 7) is 5.28. The van der Waals surface area contributed by atoms with Crippen LogP contribution in [0.3, 0.4) is 0 Å². The number of rotatable bonds is 1. The van der Waals surface area contributed by atoms with Crippen molar-refractivity contribution in [2.24, 2.45) is 10.4 Å². The molecule has 0 radical (unpaired) electrons. The van der Waals surface area contributed by atoms with Crippen molar-refractivity contribution in [2.75, 3.05) is 17.6 Å². The molecule has 1 N–H and O–H groups in total. The monoisotopic (exact) mass is 288 g/mol. The minimum absolute atomic E-state index is 0.280. The molecule has 0 spiro atoms. The Kier molecular flexibility index (Phi) is 3.91. The van der Waals surface area contributed by atoms with E-state index in [0.29, 0.717) is 10.0 Å². The molecule has 1 aliphatic heterocycles. The molecule has 1 heterocycles. The highest BCUT2D eigenvalue weighted by Crippen LogP contribution is 2.29. The molecular weight excluding hydrogens is 275 g/mol. The van der Waals surface area contributed by atoms with Crippen LogP contribution < -0.4 is 5.32 Å². The lowest BCUT2D eigenvalue weighted by Gasteiger charge is -2.27. The van der Waals surface area contributed by atoms with Crippen molar-refractivity contribution in [1.29, 1.82) is 0 Å². The Morgan fingerprint density at radius 1 is 1.24 bits per heavy atom. The van der Waals surface area contributed by atoms with Crippen molar-refractivity contribution < 1.29 is 0 Å². The fraction of sp³-hybridized carbons (Fsp3) is 0.417. The SMILES string of the molecule is CC1(C)CN=C(Nc2cc(Cl)cc(Cl)c2)SC1. The number of benzene rings is 1. The molecule has 0 bridgehead atoms. The molecule has 2 rings (SSSR count). The lowest BCUT2D eigenvalue weighted by Crippen LogP contribution is -2.27. The zero-order valence-electron chi connectivity index (χ0n) is 9.76. The molecule has 0 fully saturated rings. The molecule has 92 valence electrons. The van der Waals surface area contributed by atoms with Crippen LogP contribution >= 0.6 is 35.0 Å². The van der Waals surface area contributed by atoms with Crippen LogP contribution in [-0.2, 0) is 0 Å². The molecule has 0 amide bonds. The van der Waals surface area contributed by atoms with Gasteiger partial charge in [0, 0.05) is 28.0 Å². The Morgan fingerprint density at radius 3 is 2.41 bits per heavy atom. The van der Waals surface area contributed by atoms with E-state index in [1.807, 2.05) is 12.1 Å². The highest BCUT2D eigenvalue weighted by atomic mass is 35.5. The Balaban J connectivity index is 2.09. The number of halogens is 2. The lowest BCUT2D eigenvalue weighted by molar-refractivity contribution is 0.438. The van der Waals surface area contributed by atoms with Gasteiger partial charge in [-0.15, -0.1) is 0 Å². The maximum absolute atomic E-state index is 5.94. The largest absolute Gasteiger partial charge is 0.335 e. The maximum atomic E-state index is 5.94. The van der Waals surface area contributed by atoms with Crippen LogP contribution in [0.25, 0.3) is 0 Å². The Labute approximate surface area is 116 Å². The fourth-order valence-corrected chi connectivity index (χ4v) is 2.96. The number of amidine groups is 1. The van der Waals surface area contributed by atoms with Gasteiger partial charge in [-0.2, -0.15) is 0 Å². The maximum Gasteiger partial charge on any atom is 0.161 e. The van der Waals surface area contributed by atoms with Crippen molar-refractivity contribution >= 4 is 45.8 Å². The van der Waals surface area contributed by atoms with Crippen molar-refractivity contribution in [2.45, 2.75) is 13.8 Å². The molecule has 0 saturated heterocycles. The summed E-state index contributed by atoms with van der Waals surface area (Å²) in [6.07, 6.45) is 0. The standard InChI is InChI=1S/C12H14Cl2N2S/c1-12(2)6-15-11(17-7-12)16-10-4-8(13)3-9(14)5-10/h3-5H,6-7H2,1-2H3,(H,15,16). The molecule has 5 heteroatoms. The molecule has 1 aromatic carbocycles. The number of hydrogen-bond donors (Lipinski definition) is 1. The summed E-state index contributed by atoms with van der Waals surface area (Å²) < 4.78 is 0. The Morgan fingerprint density at radius 2 is 1.88 bits per heavy atom. The van der Waals surface area contributed by atoms with Crippen molar-refractivity contribution in [3.05, 3.63) is 28.2 Å². The van der Waals surface area contributed by atoms with Gasteiger partial charge in [-0.3, -0.25) is 4.99 Å². The molecular formula is C12H14Cl2N2S. The highest BCUT2D eigenvalue weighted by molar-refractivity contribution is 8.14. The first-order valence-corrected chi connectivity index (χ1v) is 7.09. The smallest absolute Gasteiger partial charge is 0.161 e. The number of nitrogens with zero attached hydrogens (tertiary/aromatic N) is 1. The second kappa shape index (κ2) is 5.09. The van der Waals surface area contributed by atoms with Crippen LogP contribution in [0.4, 0.5) is 5.69 Å². The van der Waals surface area contributed by atoms with Gasteiger partial charge in [0.2, 0.25) is 0 Å². The molecule has 2 nitrogen and oxygen atoms in total. The molecule has 17 heavy (non-hydrogen) atoms. The van der Waals surface area contributed by atoms with Crippen LogP contribution in [0, 0.1) is 5.41 Å². The van der Waals surface area contributed by atoms with E-state index in [2.05, 4.69) is 24.2 Å². The zero-order chi connectivity index (χ0) is 12.5. The highest BCUT2D eigenvalue weighted by Gasteiger charge is 2.23. The number of nitrogens with one attached hydrogen (secondary N) is 1. The Bertz CT molecular complexity index is 438. The average molecular weight is 289 g/mol. The first-order valence-electron chi connectivity index (χ1n) is 5.35. The van der Waals surface area contributed by atoms with Gasteiger partial charge in [-0.1, -0.05) is 48.8 Å². The normalized spacial score (nSPS) is 18.7. The number of anilines is 1. The number of aliphatic imine (C=N–C) groups is 1. The Hall–Kier alpha value is -0.380. The summed E-state index contributed by atoms with van der Waals surface area (Å²) in [5.41, 5.74) is 1.16. The number of thioether (sulfide) groups is 1. The molecule has 0 aromatic heterocycles. The van der Waals surface area contributed by atoms with Gasteiger partial charge >= 0.3 is 0 Å². The van der Waals surface area contributed by atoms with E-state index in [4.69, 9.17) is 23.2 Å². The molecule has 1 aliphatic rings. The summed E-state index contributed by atoms with van der Waals surface area (Å²) >= 11 is 13.6. The van der Waals surface area contributed by atoms with E-state index < -0.39 is 0 Å². The van der Waals surface area contributed by atoms with E-state index in [1.54, 1.807) is 17.8 Å². The molecule has 0 saturated carbocycles. The first kappa shape index (κ1) is 13.1. The quantitative estimate of drug-likeness (QED) is 0.821. The molecule has 0 unspecified atom stereocenters. The van der Waals surface area contributed by atoms with E-state index in [9.17, 15) is 0 Å². The molecule has 0 atom stereocenters. The van der Waals surface area contributed by atoms with Gasteiger partial charge in [-0.05, 0) is 23.6 Å². The first-order chi connectivity index (χ1) is 7.94. The van der Waals surface area contributed by atoms with Crippen molar-refractivity contribution in [1.82, 2.24) is 0 Å². The average Bonchev–Trinajstić information content (AvgIpc) is 2.20. The third kappa shape index (κ3) is 3.80. The minimum Gasteiger partial charge on any atom is -0.335 e. The second-order valence-electron chi connectivity index (χ2n) is 4.86. The van der Waals surface area contributed by atoms with Crippen LogP contribution in [0.5, 0.6) is 0 Å². The van der Waals surface area contributed by atoms with Gasteiger partial charge in [0.15, 0.2) is 5.17 Å². The van der Waals surface area contributed by atoms with Crippen LogP contribution in [-0.4, -0.2) is 17.5 Å². The zero-order valence-corrected chi connectivity index (χ0v) is 12.1. The summed E-state index contributed by atoms with van der Waals surface area (Å²) in [5, 5.41) is 5.43. The molecule has 1 aromatic rings. The molecule has 0 aliphatic carbocycles. The fourth-order valence-electron chi connectivity index (χ4n) is 1.47. The number of hydrogen-bond acceptors (Lipinski definition) is 3. The summed E-state index contributed by atoms with van der Waals surface area (Å²) in [5.74, 6) is 1.06. The van der Waals surface area contributed by atoms with E-state index >= 15 is 0 Å². The summed E-state index contributed by atoms with van der Waals surface area (Å²) in [4.78, 5) is 4.52.